The molecule has 4 nitrogen and oxygen atoms in total. The summed E-state index contributed by atoms with van der Waals surface area (Å²) in [5.74, 6) is -0.502. The summed E-state index contributed by atoms with van der Waals surface area (Å²) in [5, 5.41) is 0.885. The minimum Gasteiger partial charge on any atom is -0.465 e. The lowest BCUT2D eigenvalue weighted by atomic mass is 10.2. The fourth-order valence-corrected chi connectivity index (χ4v) is 3.00. The minimum atomic E-state index is -0.502. The summed E-state index contributed by atoms with van der Waals surface area (Å²) < 4.78 is 4.71. The van der Waals surface area contributed by atoms with E-state index >= 15 is 0 Å². The Kier molecular flexibility index (Phi) is 5.22. The zero-order chi connectivity index (χ0) is 15.4. The number of carbonyl (C=O) groups excluding carboxylic acids is 2. The van der Waals surface area contributed by atoms with Crippen molar-refractivity contribution in [2.75, 3.05) is 7.11 Å². The Morgan fingerprint density at radius 2 is 2.10 bits per heavy atom. The second-order valence-electron chi connectivity index (χ2n) is 3.84. The van der Waals surface area contributed by atoms with E-state index in [2.05, 4.69) is 4.98 Å². The van der Waals surface area contributed by atoms with E-state index in [0.29, 0.717) is 21.8 Å². The van der Waals surface area contributed by atoms with Gasteiger partial charge in [0.05, 0.1) is 22.7 Å². The summed E-state index contributed by atoms with van der Waals surface area (Å²) >= 11 is 13.0. The number of benzene rings is 1. The first-order valence-corrected chi connectivity index (χ1v) is 7.30. The average Bonchev–Trinajstić information content (AvgIpc) is 2.51. The summed E-state index contributed by atoms with van der Waals surface area (Å²) in [6.45, 7) is 0. The van der Waals surface area contributed by atoms with Crippen molar-refractivity contribution in [1.29, 1.82) is 0 Å². The van der Waals surface area contributed by atoms with Gasteiger partial charge in [-0.05, 0) is 24.3 Å². The van der Waals surface area contributed by atoms with Crippen molar-refractivity contribution in [2.45, 2.75) is 9.92 Å². The quantitative estimate of drug-likeness (QED) is 0.617. The summed E-state index contributed by atoms with van der Waals surface area (Å²) in [6, 6.07) is 6.46. The first-order valence-electron chi connectivity index (χ1n) is 5.72. The van der Waals surface area contributed by atoms with Gasteiger partial charge in [-0.15, -0.1) is 0 Å². The monoisotopic (exact) mass is 341 g/mol. The lowest BCUT2D eigenvalue weighted by Gasteiger charge is -2.09. The molecule has 0 bridgehead atoms. The Bertz CT molecular complexity index is 707. The molecule has 0 unspecified atom stereocenters. The highest BCUT2D eigenvalue weighted by molar-refractivity contribution is 7.99. The number of aldehydes is 1. The molecule has 0 aliphatic heterocycles. The largest absolute Gasteiger partial charge is 0.465 e. The number of esters is 1. The third-order valence-corrected chi connectivity index (χ3v) is 4.51. The smallest absolute Gasteiger partial charge is 0.340 e. The van der Waals surface area contributed by atoms with E-state index < -0.39 is 5.97 Å². The average molecular weight is 342 g/mol. The van der Waals surface area contributed by atoms with Crippen LogP contribution in [0.4, 0.5) is 0 Å². The molecule has 0 N–H and O–H groups in total. The first kappa shape index (κ1) is 15.8. The number of halogens is 2. The van der Waals surface area contributed by atoms with Gasteiger partial charge in [0.25, 0.3) is 0 Å². The Labute approximate surface area is 135 Å². The molecule has 0 saturated heterocycles. The van der Waals surface area contributed by atoms with Crippen molar-refractivity contribution in [3.8, 4) is 0 Å². The van der Waals surface area contributed by atoms with Crippen LogP contribution in [0, 0.1) is 0 Å². The molecule has 0 amide bonds. The van der Waals surface area contributed by atoms with Crippen molar-refractivity contribution >= 4 is 47.2 Å². The van der Waals surface area contributed by atoms with Gasteiger partial charge in [-0.3, -0.25) is 4.79 Å². The Hall–Kier alpha value is -1.56. The third-order valence-electron chi connectivity index (χ3n) is 2.59. The van der Waals surface area contributed by atoms with Crippen LogP contribution < -0.4 is 0 Å². The number of ether oxygens (including phenoxy) is 1. The predicted molar refractivity (Wildman–Crippen MR) is 81.5 cm³/mol. The van der Waals surface area contributed by atoms with Gasteiger partial charge < -0.3 is 4.74 Å². The number of rotatable bonds is 4. The molecule has 0 spiro atoms. The molecule has 0 fully saturated rings. The van der Waals surface area contributed by atoms with Gasteiger partial charge in [0, 0.05) is 16.7 Å². The second kappa shape index (κ2) is 6.93. The van der Waals surface area contributed by atoms with E-state index in [0.717, 1.165) is 11.8 Å². The van der Waals surface area contributed by atoms with Crippen molar-refractivity contribution in [3.05, 3.63) is 51.6 Å². The van der Waals surface area contributed by atoms with Gasteiger partial charge in [0.2, 0.25) is 0 Å². The molecule has 1 heterocycles. The van der Waals surface area contributed by atoms with Crippen LogP contribution in [0.5, 0.6) is 0 Å². The maximum atomic E-state index is 11.7. The topological polar surface area (TPSA) is 56.3 Å². The molecule has 108 valence electrons. The van der Waals surface area contributed by atoms with E-state index in [9.17, 15) is 9.59 Å². The molecule has 0 aliphatic carbocycles. The molecule has 0 atom stereocenters. The fraction of sp³-hybridized carbons (Fsp3) is 0.0714. The molecule has 2 aromatic rings. The number of aromatic nitrogens is 1. The van der Waals surface area contributed by atoms with Crippen LogP contribution in [-0.4, -0.2) is 24.3 Å². The molecule has 21 heavy (non-hydrogen) atoms. The molecule has 1 aromatic carbocycles. The van der Waals surface area contributed by atoms with Crippen molar-refractivity contribution in [2.24, 2.45) is 0 Å². The Morgan fingerprint density at radius 3 is 2.76 bits per heavy atom. The highest BCUT2D eigenvalue weighted by atomic mass is 35.5. The van der Waals surface area contributed by atoms with Gasteiger partial charge in [-0.25, -0.2) is 9.78 Å². The lowest BCUT2D eigenvalue weighted by Crippen LogP contribution is -2.04. The third kappa shape index (κ3) is 3.37. The number of hydrogen-bond donors (Lipinski definition) is 0. The predicted octanol–water partition coefficient (Wildman–Crippen LogP) is 4.14. The van der Waals surface area contributed by atoms with Gasteiger partial charge >= 0.3 is 5.97 Å². The molecule has 7 heteroatoms. The summed E-state index contributed by atoms with van der Waals surface area (Å²) in [6.07, 6.45) is 2.17. The van der Waals surface area contributed by atoms with E-state index in [1.54, 1.807) is 30.5 Å². The van der Waals surface area contributed by atoms with Gasteiger partial charge in [0.1, 0.15) is 5.03 Å². The minimum absolute atomic E-state index is 0.173. The molecule has 1 aromatic heterocycles. The molecule has 0 saturated carbocycles. The van der Waals surface area contributed by atoms with E-state index in [4.69, 9.17) is 27.9 Å². The fourth-order valence-electron chi connectivity index (χ4n) is 1.59. The number of nitrogens with zero attached hydrogens (tertiary/aromatic N) is 1. The number of carbonyl (C=O) groups is 2. The highest BCUT2D eigenvalue weighted by Gasteiger charge is 2.17. The molecular formula is C14H9Cl2NO3S. The van der Waals surface area contributed by atoms with Crippen LogP contribution in [0.2, 0.25) is 10.0 Å². The van der Waals surface area contributed by atoms with Crippen LogP contribution in [0.25, 0.3) is 0 Å². The van der Waals surface area contributed by atoms with Gasteiger partial charge in [0.15, 0.2) is 6.29 Å². The number of methoxy groups -OCH3 is 1. The molecule has 2 rings (SSSR count). The Balaban J connectivity index is 2.46. The van der Waals surface area contributed by atoms with E-state index in [1.807, 2.05) is 0 Å². The lowest BCUT2D eigenvalue weighted by molar-refractivity contribution is 0.0595. The SMILES string of the molecule is COC(=O)c1cccnc1Sc1ccc(Cl)c(Cl)c1C=O. The number of pyridine rings is 1. The Morgan fingerprint density at radius 1 is 1.33 bits per heavy atom. The zero-order valence-corrected chi connectivity index (χ0v) is 13.1. The zero-order valence-electron chi connectivity index (χ0n) is 10.8. The van der Waals surface area contributed by atoms with Crippen molar-refractivity contribution in [3.63, 3.8) is 0 Å². The first-order chi connectivity index (χ1) is 10.1. The highest BCUT2D eigenvalue weighted by Crippen LogP contribution is 2.36. The van der Waals surface area contributed by atoms with Crippen LogP contribution in [0.3, 0.4) is 0 Å². The van der Waals surface area contributed by atoms with E-state index in [1.165, 1.54) is 7.11 Å². The van der Waals surface area contributed by atoms with Crippen LogP contribution in [0.1, 0.15) is 20.7 Å². The van der Waals surface area contributed by atoms with Crippen molar-refractivity contribution in [1.82, 2.24) is 4.98 Å². The normalized spacial score (nSPS) is 10.2. The second-order valence-corrected chi connectivity index (χ2v) is 5.66. The van der Waals surface area contributed by atoms with Gasteiger partial charge in [-0.2, -0.15) is 0 Å². The standard InChI is InChI=1S/C14H9Cl2NO3S/c1-20-14(19)8-3-2-6-17-13(8)21-11-5-4-10(15)12(16)9(11)7-18/h2-7H,1H3. The van der Waals surface area contributed by atoms with Crippen LogP contribution >= 0.6 is 35.0 Å². The summed E-state index contributed by atoms with van der Waals surface area (Å²) in [7, 11) is 1.29. The van der Waals surface area contributed by atoms with E-state index in [-0.39, 0.29) is 15.6 Å². The van der Waals surface area contributed by atoms with Gasteiger partial charge in [-0.1, -0.05) is 35.0 Å². The molecular weight excluding hydrogens is 333 g/mol. The molecule has 0 radical (unpaired) electrons. The van der Waals surface area contributed by atoms with Crippen LogP contribution in [0.15, 0.2) is 40.4 Å². The van der Waals surface area contributed by atoms with Crippen molar-refractivity contribution < 1.29 is 14.3 Å². The van der Waals surface area contributed by atoms with Crippen LogP contribution in [-0.2, 0) is 4.74 Å². The number of hydrogen-bond acceptors (Lipinski definition) is 5. The maximum Gasteiger partial charge on any atom is 0.340 e. The summed E-state index contributed by atoms with van der Waals surface area (Å²) in [5.41, 5.74) is 0.573. The summed E-state index contributed by atoms with van der Waals surface area (Å²) in [4.78, 5) is 27.6. The maximum absolute atomic E-state index is 11.7. The molecule has 0 aliphatic rings.